The van der Waals surface area contributed by atoms with Crippen LogP contribution < -0.4 is 5.32 Å². The van der Waals surface area contributed by atoms with Crippen LogP contribution in [0.3, 0.4) is 0 Å². The molecular weight excluding hydrogens is 214 g/mol. The van der Waals surface area contributed by atoms with Crippen LogP contribution in [0.2, 0.25) is 0 Å². The summed E-state index contributed by atoms with van der Waals surface area (Å²) in [6.07, 6.45) is 11.0. The first-order valence-electron chi connectivity index (χ1n) is 6.85. The number of hydrogen-bond acceptors (Lipinski definition) is 2. The van der Waals surface area contributed by atoms with Crippen LogP contribution in [0, 0.1) is 11.8 Å². The van der Waals surface area contributed by atoms with Gasteiger partial charge in [0.25, 0.3) is 0 Å². The molecule has 1 fully saturated rings. The zero-order valence-corrected chi connectivity index (χ0v) is 10.4. The van der Waals surface area contributed by atoms with Crippen LogP contribution in [-0.4, -0.2) is 23.7 Å². The van der Waals surface area contributed by atoms with Gasteiger partial charge in [-0.25, -0.2) is 0 Å². The standard InChI is InChI=1S/C14H23NO2/c16-13-7-3-6-12(8-13)10-15-14(17)9-11-4-1-2-5-11/h1,4,11-13,16H,2-3,5-10H2,(H,15,17). The lowest BCUT2D eigenvalue weighted by molar-refractivity contribution is -0.122. The zero-order valence-electron chi connectivity index (χ0n) is 10.4. The van der Waals surface area contributed by atoms with E-state index in [9.17, 15) is 9.90 Å². The summed E-state index contributed by atoms with van der Waals surface area (Å²) >= 11 is 0. The van der Waals surface area contributed by atoms with E-state index in [0.29, 0.717) is 18.3 Å². The number of amides is 1. The Morgan fingerprint density at radius 3 is 2.94 bits per heavy atom. The fourth-order valence-corrected chi connectivity index (χ4v) is 2.88. The van der Waals surface area contributed by atoms with Crippen LogP contribution in [0.15, 0.2) is 12.2 Å². The normalized spacial score (nSPS) is 32.6. The molecule has 2 aliphatic carbocycles. The number of allylic oxidation sites excluding steroid dienone is 2. The Hall–Kier alpha value is -0.830. The molecule has 3 atom stereocenters. The predicted molar refractivity (Wildman–Crippen MR) is 67.5 cm³/mol. The minimum atomic E-state index is -0.150. The van der Waals surface area contributed by atoms with E-state index < -0.39 is 0 Å². The minimum absolute atomic E-state index is 0.150. The summed E-state index contributed by atoms with van der Waals surface area (Å²) in [4.78, 5) is 11.7. The van der Waals surface area contributed by atoms with Crippen molar-refractivity contribution in [2.75, 3.05) is 6.54 Å². The molecule has 1 saturated carbocycles. The van der Waals surface area contributed by atoms with Gasteiger partial charge in [0.1, 0.15) is 0 Å². The molecule has 1 amide bonds. The van der Waals surface area contributed by atoms with Crippen molar-refractivity contribution in [3.05, 3.63) is 12.2 Å². The third kappa shape index (κ3) is 4.15. The third-order valence-corrected chi connectivity index (χ3v) is 3.90. The van der Waals surface area contributed by atoms with E-state index >= 15 is 0 Å². The topological polar surface area (TPSA) is 49.3 Å². The van der Waals surface area contributed by atoms with Gasteiger partial charge in [0.2, 0.25) is 5.91 Å². The molecule has 0 aromatic heterocycles. The van der Waals surface area contributed by atoms with Gasteiger partial charge in [0.05, 0.1) is 6.10 Å². The van der Waals surface area contributed by atoms with Gasteiger partial charge in [-0.15, -0.1) is 0 Å². The largest absolute Gasteiger partial charge is 0.393 e. The average molecular weight is 237 g/mol. The van der Waals surface area contributed by atoms with Gasteiger partial charge in [-0.1, -0.05) is 18.6 Å². The summed E-state index contributed by atoms with van der Waals surface area (Å²) < 4.78 is 0. The number of nitrogens with one attached hydrogen (secondary N) is 1. The van der Waals surface area contributed by atoms with Gasteiger partial charge in [0.15, 0.2) is 0 Å². The molecule has 2 rings (SSSR count). The van der Waals surface area contributed by atoms with Crippen molar-refractivity contribution in [3.8, 4) is 0 Å². The van der Waals surface area contributed by atoms with Crippen LogP contribution in [0.4, 0.5) is 0 Å². The quantitative estimate of drug-likeness (QED) is 0.735. The molecule has 0 aromatic carbocycles. The number of rotatable bonds is 4. The number of hydrogen-bond donors (Lipinski definition) is 2. The van der Waals surface area contributed by atoms with Crippen molar-refractivity contribution in [2.45, 2.75) is 51.0 Å². The van der Waals surface area contributed by atoms with Gasteiger partial charge in [-0.05, 0) is 43.9 Å². The molecule has 0 heterocycles. The lowest BCUT2D eigenvalue weighted by Gasteiger charge is -2.26. The first kappa shape index (κ1) is 12.6. The van der Waals surface area contributed by atoms with Crippen molar-refractivity contribution in [1.82, 2.24) is 5.32 Å². The maximum Gasteiger partial charge on any atom is 0.220 e. The van der Waals surface area contributed by atoms with Gasteiger partial charge in [-0.3, -0.25) is 4.79 Å². The molecule has 96 valence electrons. The van der Waals surface area contributed by atoms with E-state index in [0.717, 1.165) is 45.1 Å². The highest BCUT2D eigenvalue weighted by Gasteiger charge is 2.21. The van der Waals surface area contributed by atoms with E-state index in [4.69, 9.17) is 0 Å². The fourth-order valence-electron chi connectivity index (χ4n) is 2.88. The number of carbonyl (C=O) groups is 1. The fraction of sp³-hybridized carbons (Fsp3) is 0.786. The van der Waals surface area contributed by atoms with Crippen molar-refractivity contribution in [1.29, 1.82) is 0 Å². The Kier molecular flexibility index (Phi) is 4.60. The van der Waals surface area contributed by atoms with E-state index in [1.54, 1.807) is 0 Å². The van der Waals surface area contributed by atoms with Gasteiger partial charge in [0, 0.05) is 13.0 Å². The summed E-state index contributed by atoms with van der Waals surface area (Å²) in [7, 11) is 0. The van der Waals surface area contributed by atoms with E-state index in [1.165, 1.54) is 0 Å². The highest BCUT2D eigenvalue weighted by atomic mass is 16.3. The zero-order chi connectivity index (χ0) is 12.1. The van der Waals surface area contributed by atoms with Crippen molar-refractivity contribution in [3.63, 3.8) is 0 Å². The second-order valence-corrected chi connectivity index (χ2v) is 5.46. The molecule has 2 N–H and O–H groups in total. The number of aliphatic hydroxyl groups is 1. The molecular formula is C14H23NO2. The second-order valence-electron chi connectivity index (χ2n) is 5.46. The second kappa shape index (κ2) is 6.20. The van der Waals surface area contributed by atoms with Gasteiger partial charge in [-0.2, -0.15) is 0 Å². The van der Waals surface area contributed by atoms with Crippen molar-refractivity contribution < 1.29 is 9.90 Å². The Balaban J connectivity index is 1.63. The average Bonchev–Trinajstić information content (AvgIpc) is 2.79. The van der Waals surface area contributed by atoms with Crippen LogP contribution in [0.25, 0.3) is 0 Å². The Morgan fingerprint density at radius 2 is 2.24 bits per heavy atom. The van der Waals surface area contributed by atoms with E-state index in [1.807, 2.05) is 0 Å². The predicted octanol–water partition coefficient (Wildman–Crippen LogP) is 2.01. The molecule has 3 unspecified atom stereocenters. The van der Waals surface area contributed by atoms with Gasteiger partial charge < -0.3 is 10.4 Å². The number of aliphatic hydroxyl groups excluding tert-OH is 1. The summed E-state index contributed by atoms with van der Waals surface area (Å²) in [6.45, 7) is 0.742. The minimum Gasteiger partial charge on any atom is -0.393 e. The van der Waals surface area contributed by atoms with Gasteiger partial charge >= 0.3 is 0 Å². The first-order chi connectivity index (χ1) is 8.24. The molecule has 0 saturated heterocycles. The Labute approximate surface area is 103 Å². The lowest BCUT2D eigenvalue weighted by atomic mass is 9.87. The molecule has 2 aliphatic rings. The SMILES string of the molecule is O=C(CC1C=CCC1)NCC1CCCC(O)C1. The molecule has 0 bridgehead atoms. The van der Waals surface area contributed by atoms with Crippen molar-refractivity contribution >= 4 is 5.91 Å². The molecule has 0 radical (unpaired) electrons. The molecule has 17 heavy (non-hydrogen) atoms. The van der Waals surface area contributed by atoms with Crippen LogP contribution in [0.1, 0.15) is 44.9 Å². The molecule has 3 heteroatoms. The first-order valence-corrected chi connectivity index (χ1v) is 6.85. The molecule has 0 aliphatic heterocycles. The Morgan fingerprint density at radius 1 is 1.35 bits per heavy atom. The third-order valence-electron chi connectivity index (χ3n) is 3.90. The maximum atomic E-state index is 11.7. The van der Waals surface area contributed by atoms with Crippen LogP contribution in [-0.2, 0) is 4.79 Å². The smallest absolute Gasteiger partial charge is 0.220 e. The highest BCUT2D eigenvalue weighted by molar-refractivity contribution is 5.76. The molecule has 0 aromatic rings. The van der Waals surface area contributed by atoms with E-state index in [2.05, 4.69) is 17.5 Å². The highest BCUT2D eigenvalue weighted by Crippen LogP contribution is 2.24. The number of carbonyl (C=O) groups excluding carboxylic acids is 1. The summed E-state index contributed by atoms with van der Waals surface area (Å²) in [6, 6.07) is 0. The Bertz CT molecular complexity index is 288. The summed E-state index contributed by atoms with van der Waals surface area (Å²) in [5, 5.41) is 12.6. The molecule has 3 nitrogen and oxygen atoms in total. The monoisotopic (exact) mass is 237 g/mol. The van der Waals surface area contributed by atoms with Crippen LogP contribution >= 0.6 is 0 Å². The van der Waals surface area contributed by atoms with E-state index in [-0.39, 0.29) is 12.0 Å². The maximum absolute atomic E-state index is 11.7. The van der Waals surface area contributed by atoms with Crippen LogP contribution in [0.5, 0.6) is 0 Å². The van der Waals surface area contributed by atoms with Crippen molar-refractivity contribution in [2.24, 2.45) is 11.8 Å². The summed E-state index contributed by atoms with van der Waals surface area (Å²) in [5.41, 5.74) is 0. The lowest BCUT2D eigenvalue weighted by Crippen LogP contribution is -2.33. The summed E-state index contributed by atoms with van der Waals surface area (Å²) in [5.74, 6) is 1.09. The molecule has 0 spiro atoms.